The van der Waals surface area contributed by atoms with Gasteiger partial charge in [-0.1, -0.05) is 54.1 Å². The van der Waals surface area contributed by atoms with Gasteiger partial charge in [0.05, 0.1) is 11.9 Å². The first-order chi connectivity index (χ1) is 17.1. The highest BCUT2D eigenvalue weighted by Gasteiger charge is 2.34. The van der Waals surface area contributed by atoms with E-state index in [1.807, 2.05) is 36.4 Å². The lowest BCUT2D eigenvalue weighted by atomic mass is 9.74. The maximum Gasteiger partial charge on any atom is 0.170 e. The minimum atomic E-state index is -0.0687. The Hall–Kier alpha value is -3.19. The molecule has 178 valence electrons. The molecule has 0 bridgehead atoms. The van der Waals surface area contributed by atoms with E-state index in [2.05, 4.69) is 63.4 Å². The maximum absolute atomic E-state index is 6.28. The average molecular weight is 503 g/mol. The summed E-state index contributed by atoms with van der Waals surface area (Å²) in [5.41, 5.74) is 2.97. The normalized spacial score (nSPS) is 14.9. The van der Waals surface area contributed by atoms with Crippen molar-refractivity contribution in [2.75, 3.05) is 30.4 Å². The van der Waals surface area contributed by atoms with Crippen molar-refractivity contribution in [2.45, 2.75) is 18.3 Å². The van der Waals surface area contributed by atoms with Crippen molar-refractivity contribution >= 4 is 56.9 Å². The van der Waals surface area contributed by atoms with E-state index in [9.17, 15) is 0 Å². The molecule has 0 unspecified atom stereocenters. The largest absolute Gasteiger partial charge is 0.381 e. The molecule has 2 heterocycles. The molecule has 1 saturated heterocycles. The minimum absolute atomic E-state index is 0.0687. The van der Waals surface area contributed by atoms with E-state index in [1.165, 1.54) is 16.3 Å². The lowest BCUT2D eigenvalue weighted by molar-refractivity contribution is 0.0515. The van der Waals surface area contributed by atoms with E-state index in [0.29, 0.717) is 11.7 Å². The number of nitrogens with one attached hydrogen (secondary N) is 3. The van der Waals surface area contributed by atoms with E-state index in [0.717, 1.165) is 48.3 Å². The molecule has 3 N–H and O–H groups in total. The standard InChI is InChI=1S/C28H27ClN4OS/c29-23-7-3-6-22(17-23)28(12-14-34-15-13-28)19-31-27(35)33-25-10-11-26(30-18-25)32-24-9-8-20-4-1-2-5-21(20)16-24/h1-11,16-18H,12-15,19H2,(H,30,32)(H2,31,33,35). The van der Waals surface area contributed by atoms with E-state index in [-0.39, 0.29) is 5.41 Å². The second-order valence-electron chi connectivity index (χ2n) is 8.83. The Morgan fingerprint density at radius 3 is 2.49 bits per heavy atom. The fourth-order valence-corrected chi connectivity index (χ4v) is 4.91. The van der Waals surface area contributed by atoms with Crippen LogP contribution in [-0.4, -0.2) is 29.9 Å². The monoisotopic (exact) mass is 502 g/mol. The third kappa shape index (κ3) is 5.73. The Balaban J connectivity index is 1.20. The van der Waals surface area contributed by atoms with Crippen LogP contribution in [0.25, 0.3) is 10.8 Å². The Labute approximate surface area is 215 Å². The highest BCUT2D eigenvalue weighted by atomic mass is 35.5. The number of fused-ring (bicyclic) bond motifs is 1. The summed E-state index contributed by atoms with van der Waals surface area (Å²) in [6, 6.07) is 26.6. The van der Waals surface area contributed by atoms with Crippen molar-refractivity contribution in [3.8, 4) is 0 Å². The molecule has 1 aromatic heterocycles. The number of pyridine rings is 1. The number of thiocarbonyl (C=S) groups is 1. The summed E-state index contributed by atoms with van der Waals surface area (Å²) in [6.07, 6.45) is 3.61. The van der Waals surface area contributed by atoms with Crippen LogP contribution in [0.4, 0.5) is 17.2 Å². The molecule has 3 aromatic carbocycles. The molecule has 0 spiro atoms. The molecule has 5 nitrogen and oxygen atoms in total. The first kappa shape index (κ1) is 23.5. The summed E-state index contributed by atoms with van der Waals surface area (Å²) in [7, 11) is 0. The van der Waals surface area contributed by atoms with Crippen molar-refractivity contribution < 1.29 is 4.74 Å². The smallest absolute Gasteiger partial charge is 0.170 e. The Morgan fingerprint density at radius 2 is 1.71 bits per heavy atom. The summed E-state index contributed by atoms with van der Waals surface area (Å²) in [5, 5.41) is 13.7. The zero-order valence-electron chi connectivity index (χ0n) is 19.3. The van der Waals surface area contributed by atoms with Crippen LogP contribution in [0.3, 0.4) is 0 Å². The number of nitrogens with zero attached hydrogens (tertiary/aromatic N) is 1. The Morgan fingerprint density at radius 1 is 0.914 bits per heavy atom. The topological polar surface area (TPSA) is 58.2 Å². The van der Waals surface area contributed by atoms with Crippen LogP contribution < -0.4 is 16.0 Å². The van der Waals surface area contributed by atoms with Gasteiger partial charge in [-0.3, -0.25) is 0 Å². The Bertz CT molecular complexity index is 1320. The van der Waals surface area contributed by atoms with Gasteiger partial charge in [0.1, 0.15) is 5.82 Å². The van der Waals surface area contributed by atoms with Gasteiger partial charge in [0, 0.05) is 35.9 Å². The van der Waals surface area contributed by atoms with E-state index >= 15 is 0 Å². The summed E-state index contributed by atoms with van der Waals surface area (Å²) < 4.78 is 5.63. The Kier molecular flexibility index (Phi) is 7.13. The second kappa shape index (κ2) is 10.6. The summed E-state index contributed by atoms with van der Waals surface area (Å²) in [5.74, 6) is 0.770. The van der Waals surface area contributed by atoms with Gasteiger partial charge in [0.25, 0.3) is 0 Å². The maximum atomic E-state index is 6.28. The van der Waals surface area contributed by atoms with Gasteiger partial charge in [-0.25, -0.2) is 4.98 Å². The van der Waals surface area contributed by atoms with Crippen molar-refractivity contribution in [3.05, 3.63) is 95.6 Å². The van der Waals surface area contributed by atoms with Gasteiger partial charge in [-0.05, 0) is 77.8 Å². The molecule has 0 radical (unpaired) electrons. The molecule has 1 aliphatic heterocycles. The predicted octanol–water partition coefficient (Wildman–Crippen LogP) is 6.67. The molecule has 7 heteroatoms. The molecule has 0 saturated carbocycles. The molecule has 0 aliphatic carbocycles. The summed E-state index contributed by atoms with van der Waals surface area (Å²) in [6.45, 7) is 2.16. The third-order valence-electron chi connectivity index (χ3n) is 6.52. The molecule has 4 aromatic rings. The molecule has 0 atom stereocenters. The van der Waals surface area contributed by atoms with Gasteiger partial charge in [0.2, 0.25) is 0 Å². The summed E-state index contributed by atoms with van der Waals surface area (Å²) >= 11 is 11.9. The molecule has 0 amide bonds. The quantitative estimate of drug-likeness (QED) is 0.256. The number of halogens is 1. The van der Waals surface area contributed by atoms with Gasteiger partial charge in [0.15, 0.2) is 5.11 Å². The number of benzene rings is 3. The molecular weight excluding hydrogens is 476 g/mol. The van der Waals surface area contributed by atoms with Crippen LogP contribution in [0.5, 0.6) is 0 Å². The van der Waals surface area contributed by atoms with Gasteiger partial charge < -0.3 is 20.7 Å². The highest BCUT2D eigenvalue weighted by Crippen LogP contribution is 2.35. The highest BCUT2D eigenvalue weighted by molar-refractivity contribution is 7.80. The minimum Gasteiger partial charge on any atom is -0.381 e. The SMILES string of the molecule is S=C(NCC1(c2cccc(Cl)c2)CCOCC1)Nc1ccc(Nc2ccc3ccccc3c2)nc1. The van der Waals surface area contributed by atoms with Gasteiger partial charge in [-0.2, -0.15) is 0 Å². The number of hydrogen-bond donors (Lipinski definition) is 3. The average Bonchev–Trinajstić information content (AvgIpc) is 2.89. The number of anilines is 3. The number of ether oxygens (including phenoxy) is 1. The van der Waals surface area contributed by atoms with Crippen molar-refractivity contribution in [2.24, 2.45) is 0 Å². The van der Waals surface area contributed by atoms with Crippen LogP contribution in [0, 0.1) is 0 Å². The first-order valence-electron chi connectivity index (χ1n) is 11.7. The van der Waals surface area contributed by atoms with E-state index in [4.69, 9.17) is 28.6 Å². The zero-order chi connectivity index (χ0) is 24.1. The fourth-order valence-electron chi connectivity index (χ4n) is 4.53. The van der Waals surface area contributed by atoms with E-state index in [1.54, 1.807) is 6.20 Å². The molecule has 35 heavy (non-hydrogen) atoms. The molecule has 5 rings (SSSR count). The second-order valence-corrected chi connectivity index (χ2v) is 9.67. The van der Waals surface area contributed by atoms with Crippen LogP contribution in [0.1, 0.15) is 18.4 Å². The molecular formula is C28H27ClN4OS. The van der Waals surface area contributed by atoms with Gasteiger partial charge in [-0.15, -0.1) is 0 Å². The predicted molar refractivity (Wildman–Crippen MR) is 149 cm³/mol. The van der Waals surface area contributed by atoms with Gasteiger partial charge >= 0.3 is 0 Å². The van der Waals surface area contributed by atoms with Crippen molar-refractivity contribution in [1.29, 1.82) is 0 Å². The van der Waals surface area contributed by atoms with Crippen LogP contribution in [0.2, 0.25) is 5.02 Å². The molecule has 1 fully saturated rings. The van der Waals surface area contributed by atoms with Crippen molar-refractivity contribution in [3.63, 3.8) is 0 Å². The van der Waals surface area contributed by atoms with Crippen LogP contribution in [0.15, 0.2) is 85.1 Å². The number of aromatic nitrogens is 1. The summed E-state index contributed by atoms with van der Waals surface area (Å²) in [4.78, 5) is 4.54. The van der Waals surface area contributed by atoms with Crippen LogP contribution in [-0.2, 0) is 10.2 Å². The molecule has 1 aliphatic rings. The van der Waals surface area contributed by atoms with Crippen LogP contribution >= 0.6 is 23.8 Å². The lowest BCUT2D eigenvalue weighted by Gasteiger charge is -2.38. The van der Waals surface area contributed by atoms with Crippen molar-refractivity contribution in [1.82, 2.24) is 10.3 Å². The number of rotatable bonds is 6. The third-order valence-corrected chi connectivity index (χ3v) is 7.00. The lowest BCUT2D eigenvalue weighted by Crippen LogP contribution is -2.45. The zero-order valence-corrected chi connectivity index (χ0v) is 20.8. The first-order valence-corrected chi connectivity index (χ1v) is 12.5. The number of hydrogen-bond acceptors (Lipinski definition) is 4. The van der Waals surface area contributed by atoms with E-state index < -0.39 is 0 Å². The fraction of sp³-hybridized carbons (Fsp3) is 0.214.